The van der Waals surface area contributed by atoms with Crippen molar-refractivity contribution in [3.63, 3.8) is 0 Å². The molecule has 0 aromatic heterocycles. The van der Waals surface area contributed by atoms with Crippen LogP contribution in [0, 0.1) is 25.7 Å². The molecule has 0 nitrogen and oxygen atoms in total. The maximum atomic E-state index is 4.14. The van der Waals surface area contributed by atoms with Gasteiger partial charge in [0.15, 0.2) is 0 Å². The highest BCUT2D eigenvalue weighted by atomic mass is 14.2. The Hall–Kier alpha value is -0.260. The van der Waals surface area contributed by atoms with Gasteiger partial charge in [-0.25, -0.2) is 0 Å². The third kappa shape index (κ3) is 20.8. The van der Waals surface area contributed by atoms with Gasteiger partial charge in [0.2, 0.25) is 0 Å². The van der Waals surface area contributed by atoms with E-state index in [1.165, 1.54) is 135 Å². The van der Waals surface area contributed by atoms with Gasteiger partial charge >= 0.3 is 0 Å². The average Bonchev–Trinajstić information content (AvgIpc) is 2.72. The van der Waals surface area contributed by atoms with Crippen molar-refractivity contribution < 1.29 is 0 Å². The minimum Gasteiger partial charge on any atom is -0.0654 e. The van der Waals surface area contributed by atoms with E-state index in [0.29, 0.717) is 0 Å². The molecule has 0 aromatic carbocycles. The number of hydrogen-bond donors (Lipinski definition) is 0. The van der Waals surface area contributed by atoms with Crippen LogP contribution in [-0.2, 0) is 0 Å². The Morgan fingerprint density at radius 1 is 0.379 bits per heavy atom. The SMILES string of the molecule is [CH2+]CCC(CCCCCCCCC)CCCC(CC[CH2+])CCCCCCCCC. The molecule has 0 aliphatic carbocycles. The molecule has 0 aromatic rings. The first-order valence-corrected chi connectivity index (χ1v) is 13.9. The number of hydrogen-bond acceptors (Lipinski definition) is 0. The number of rotatable bonds is 24. The summed E-state index contributed by atoms with van der Waals surface area (Å²) in [6.45, 7) is 12.9. The van der Waals surface area contributed by atoms with Crippen LogP contribution in [0.4, 0.5) is 0 Å². The smallest absolute Gasteiger partial charge is 0.0654 e. The summed E-state index contributed by atoms with van der Waals surface area (Å²) >= 11 is 0. The molecule has 0 bridgehead atoms. The molecule has 0 N–H and O–H groups in total. The van der Waals surface area contributed by atoms with Crippen molar-refractivity contribution in [2.24, 2.45) is 11.8 Å². The van der Waals surface area contributed by atoms with Crippen LogP contribution >= 0.6 is 0 Å². The Morgan fingerprint density at radius 2 is 0.690 bits per heavy atom. The first kappa shape index (κ1) is 28.7. The summed E-state index contributed by atoms with van der Waals surface area (Å²) in [5.74, 6) is 1.89. The fourth-order valence-corrected chi connectivity index (χ4v) is 4.92. The molecule has 0 heterocycles. The Balaban J connectivity index is 3.85. The molecule has 0 amide bonds. The van der Waals surface area contributed by atoms with E-state index in [-0.39, 0.29) is 0 Å². The Kier molecular flexibility index (Phi) is 23.8. The predicted octanol–water partition coefficient (Wildman–Crippen LogP) is 10.9. The molecule has 0 aliphatic heterocycles. The summed E-state index contributed by atoms with van der Waals surface area (Å²) in [5, 5.41) is 0. The van der Waals surface area contributed by atoms with Crippen molar-refractivity contribution in [2.75, 3.05) is 0 Å². The van der Waals surface area contributed by atoms with Crippen LogP contribution < -0.4 is 0 Å². The lowest BCUT2D eigenvalue weighted by Gasteiger charge is -2.18. The Bertz CT molecular complexity index is 254. The summed E-state index contributed by atoms with van der Waals surface area (Å²) in [5.41, 5.74) is 0. The molecule has 0 heteroatoms. The summed E-state index contributed by atoms with van der Waals surface area (Å²) in [7, 11) is 0. The normalized spacial score (nSPS) is 13.6. The summed E-state index contributed by atoms with van der Waals surface area (Å²) < 4.78 is 0. The van der Waals surface area contributed by atoms with E-state index in [1.54, 1.807) is 0 Å². The quantitative estimate of drug-likeness (QED) is 0.110. The maximum Gasteiger partial charge on any atom is 0.0853 e. The van der Waals surface area contributed by atoms with Crippen molar-refractivity contribution in [3.8, 4) is 0 Å². The zero-order valence-electron chi connectivity index (χ0n) is 20.8. The predicted molar refractivity (Wildman–Crippen MR) is 135 cm³/mol. The van der Waals surface area contributed by atoms with Gasteiger partial charge in [-0.1, -0.05) is 136 Å². The monoisotopic (exact) mass is 406 g/mol. The van der Waals surface area contributed by atoms with E-state index < -0.39 is 0 Å². The van der Waals surface area contributed by atoms with Crippen LogP contribution in [0.15, 0.2) is 0 Å². The second-order valence-electron chi connectivity index (χ2n) is 9.77. The topological polar surface area (TPSA) is 0 Å². The van der Waals surface area contributed by atoms with Crippen LogP contribution in [0.1, 0.15) is 162 Å². The minimum absolute atomic E-state index is 0.946. The lowest BCUT2D eigenvalue weighted by Crippen LogP contribution is -2.05. The van der Waals surface area contributed by atoms with Gasteiger partial charge in [-0.05, 0) is 24.7 Å². The Morgan fingerprint density at radius 3 is 1.03 bits per heavy atom. The summed E-state index contributed by atoms with van der Waals surface area (Å²) in [6.07, 6.45) is 32.4. The fourth-order valence-electron chi connectivity index (χ4n) is 4.92. The average molecular weight is 407 g/mol. The lowest BCUT2D eigenvalue weighted by atomic mass is 9.86. The highest BCUT2D eigenvalue weighted by Gasteiger charge is 2.13. The van der Waals surface area contributed by atoms with Crippen molar-refractivity contribution in [1.29, 1.82) is 0 Å². The first-order chi connectivity index (χ1) is 14.3. The molecule has 29 heavy (non-hydrogen) atoms. The van der Waals surface area contributed by atoms with Gasteiger partial charge in [0, 0.05) is 0 Å². The second kappa shape index (κ2) is 24.0. The summed E-state index contributed by atoms with van der Waals surface area (Å²) in [4.78, 5) is 0. The van der Waals surface area contributed by atoms with Crippen molar-refractivity contribution in [2.45, 2.75) is 162 Å². The van der Waals surface area contributed by atoms with Gasteiger partial charge in [-0.3, -0.25) is 0 Å². The zero-order chi connectivity index (χ0) is 21.4. The van der Waals surface area contributed by atoms with Crippen molar-refractivity contribution >= 4 is 0 Å². The third-order valence-corrected chi connectivity index (χ3v) is 6.88. The maximum absolute atomic E-state index is 4.14. The van der Waals surface area contributed by atoms with Crippen LogP contribution in [0.2, 0.25) is 0 Å². The molecule has 2 unspecified atom stereocenters. The fraction of sp³-hybridized carbons (Fsp3) is 0.931. The van der Waals surface area contributed by atoms with E-state index in [9.17, 15) is 0 Å². The molecule has 2 atom stereocenters. The molecule has 0 rings (SSSR count). The van der Waals surface area contributed by atoms with Crippen molar-refractivity contribution in [1.82, 2.24) is 0 Å². The Labute approximate surface area is 187 Å². The highest BCUT2D eigenvalue weighted by Crippen LogP contribution is 2.27. The molecule has 0 fully saturated rings. The zero-order valence-corrected chi connectivity index (χ0v) is 20.8. The van der Waals surface area contributed by atoms with E-state index in [4.69, 9.17) is 0 Å². The number of unbranched alkanes of at least 4 members (excludes halogenated alkanes) is 12. The van der Waals surface area contributed by atoms with Crippen LogP contribution in [-0.4, -0.2) is 0 Å². The molecule has 0 aliphatic rings. The van der Waals surface area contributed by atoms with Gasteiger partial charge in [-0.2, -0.15) is 0 Å². The highest BCUT2D eigenvalue weighted by molar-refractivity contribution is 4.66. The molecule has 172 valence electrons. The van der Waals surface area contributed by atoms with E-state index >= 15 is 0 Å². The van der Waals surface area contributed by atoms with Gasteiger partial charge < -0.3 is 0 Å². The van der Waals surface area contributed by atoms with Crippen LogP contribution in [0.3, 0.4) is 0 Å². The van der Waals surface area contributed by atoms with E-state index in [2.05, 4.69) is 27.7 Å². The largest absolute Gasteiger partial charge is 0.0853 e. The molecule has 0 spiro atoms. The second-order valence-corrected chi connectivity index (χ2v) is 9.77. The van der Waals surface area contributed by atoms with Gasteiger partial charge in [0.25, 0.3) is 0 Å². The van der Waals surface area contributed by atoms with Crippen LogP contribution in [0.25, 0.3) is 0 Å². The molecular weight excluding hydrogens is 348 g/mol. The molecule has 0 saturated heterocycles. The minimum atomic E-state index is 0.946. The van der Waals surface area contributed by atoms with E-state index in [0.717, 1.165) is 24.7 Å². The first-order valence-electron chi connectivity index (χ1n) is 13.9. The molecule has 0 radical (unpaired) electrons. The van der Waals surface area contributed by atoms with E-state index in [1.807, 2.05) is 0 Å². The third-order valence-electron chi connectivity index (χ3n) is 6.88. The standard InChI is InChI=1S/C29H58/c1-5-9-11-13-15-17-19-24-28(22-7-3)26-21-27-29(23-8-4)25-20-18-16-14-12-10-6-2/h28-29H,3-27H2,1-2H3/q+2. The lowest BCUT2D eigenvalue weighted by molar-refractivity contribution is 0.340. The van der Waals surface area contributed by atoms with Gasteiger partial charge in [0.1, 0.15) is 0 Å². The molecular formula is C29H58+2. The molecule has 0 saturated carbocycles. The van der Waals surface area contributed by atoms with Crippen LogP contribution in [0.5, 0.6) is 0 Å². The van der Waals surface area contributed by atoms with Crippen molar-refractivity contribution in [3.05, 3.63) is 13.8 Å². The van der Waals surface area contributed by atoms with Gasteiger partial charge in [0.05, 0.1) is 26.7 Å². The summed E-state index contributed by atoms with van der Waals surface area (Å²) in [6, 6.07) is 0. The van der Waals surface area contributed by atoms with Gasteiger partial charge in [-0.15, -0.1) is 0 Å².